The third-order valence-electron chi connectivity index (χ3n) is 4.88. The second-order valence-electron chi connectivity index (χ2n) is 7.65. The summed E-state index contributed by atoms with van der Waals surface area (Å²) in [6.07, 6.45) is -3.40. The van der Waals surface area contributed by atoms with Crippen LogP contribution in [0.25, 0.3) is 0 Å². The van der Waals surface area contributed by atoms with Crippen LogP contribution in [-0.4, -0.2) is 25.1 Å². The molecule has 0 fully saturated rings. The molecule has 0 aliphatic carbocycles. The standard InChI is InChI=1S/C25H20BrClF3N3O4/c1-14-3-5-15(6-4-14)13-37-22-18(26)9-16(10-21(22)36-2)12-31-33-24(35)23(34)32-20-11-17(25(28,29)30)7-8-19(20)27/h3-12H,13H2,1-2H3,(H,32,34)(H,33,35)/b31-12+. The molecule has 3 rings (SSSR count). The minimum atomic E-state index is -4.65. The molecule has 0 atom stereocenters. The predicted molar refractivity (Wildman–Crippen MR) is 137 cm³/mol. The Morgan fingerprint density at radius 2 is 1.78 bits per heavy atom. The highest BCUT2D eigenvalue weighted by Crippen LogP contribution is 2.37. The molecule has 0 spiro atoms. The van der Waals surface area contributed by atoms with Crippen molar-refractivity contribution < 1.29 is 32.2 Å². The normalized spacial score (nSPS) is 11.3. The Morgan fingerprint density at radius 3 is 2.43 bits per heavy atom. The largest absolute Gasteiger partial charge is 0.493 e. The van der Waals surface area contributed by atoms with Gasteiger partial charge in [0.2, 0.25) is 0 Å². The molecule has 7 nitrogen and oxygen atoms in total. The van der Waals surface area contributed by atoms with E-state index in [0.29, 0.717) is 34.2 Å². The van der Waals surface area contributed by atoms with Gasteiger partial charge in [0.15, 0.2) is 11.5 Å². The van der Waals surface area contributed by atoms with Gasteiger partial charge >= 0.3 is 18.0 Å². The molecule has 3 aromatic rings. The van der Waals surface area contributed by atoms with Gasteiger partial charge in [0.05, 0.1) is 34.1 Å². The quantitative estimate of drug-likeness (QED) is 0.195. The number of hydrogen-bond acceptors (Lipinski definition) is 5. The van der Waals surface area contributed by atoms with Crippen LogP contribution in [0.2, 0.25) is 5.02 Å². The van der Waals surface area contributed by atoms with E-state index in [1.807, 2.05) is 41.9 Å². The number of benzene rings is 3. The molecule has 0 saturated heterocycles. The highest BCUT2D eigenvalue weighted by molar-refractivity contribution is 9.10. The first-order valence-corrected chi connectivity index (χ1v) is 11.7. The first-order chi connectivity index (χ1) is 17.5. The van der Waals surface area contributed by atoms with Crippen LogP contribution in [0.4, 0.5) is 18.9 Å². The van der Waals surface area contributed by atoms with Gasteiger partial charge in [-0.15, -0.1) is 0 Å². The van der Waals surface area contributed by atoms with Crippen molar-refractivity contribution in [1.29, 1.82) is 0 Å². The third kappa shape index (κ3) is 7.70. The molecule has 12 heteroatoms. The van der Waals surface area contributed by atoms with Crippen LogP contribution >= 0.6 is 27.5 Å². The summed E-state index contributed by atoms with van der Waals surface area (Å²) in [7, 11) is 1.46. The minimum Gasteiger partial charge on any atom is -0.493 e. The van der Waals surface area contributed by atoms with Gasteiger partial charge in [-0.3, -0.25) is 9.59 Å². The molecule has 37 heavy (non-hydrogen) atoms. The Hall–Kier alpha value is -3.57. The van der Waals surface area contributed by atoms with Crippen molar-refractivity contribution in [2.45, 2.75) is 19.7 Å². The first kappa shape index (κ1) is 28.0. The van der Waals surface area contributed by atoms with Crippen LogP contribution in [0.15, 0.2) is 64.2 Å². The van der Waals surface area contributed by atoms with Gasteiger partial charge in [0.25, 0.3) is 0 Å². The number of carbonyl (C=O) groups is 2. The number of hydrazone groups is 1. The lowest BCUT2D eigenvalue weighted by molar-refractivity contribution is -0.137. The Labute approximate surface area is 223 Å². The summed E-state index contributed by atoms with van der Waals surface area (Å²) in [5.74, 6) is -1.61. The second kappa shape index (κ2) is 12.1. The summed E-state index contributed by atoms with van der Waals surface area (Å²) in [4.78, 5) is 24.2. The molecule has 0 unspecified atom stereocenters. The van der Waals surface area contributed by atoms with Gasteiger partial charge in [0.1, 0.15) is 6.61 Å². The number of hydrogen-bond donors (Lipinski definition) is 2. The van der Waals surface area contributed by atoms with Crippen LogP contribution in [0, 0.1) is 6.92 Å². The zero-order valence-electron chi connectivity index (χ0n) is 19.5. The maximum atomic E-state index is 12.9. The van der Waals surface area contributed by atoms with Gasteiger partial charge < -0.3 is 14.8 Å². The Balaban J connectivity index is 1.64. The van der Waals surface area contributed by atoms with E-state index in [2.05, 4.69) is 21.0 Å². The van der Waals surface area contributed by atoms with Crippen molar-refractivity contribution in [3.05, 3.63) is 86.3 Å². The van der Waals surface area contributed by atoms with Gasteiger partial charge in [-0.05, 0) is 64.3 Å². The van der Waals surface area contributed by atoms with E-state index in [0.717, 1.165) is 23.3 Å². The third-order valence-corrected chi connectivity index (χ3v) is 5.80. The number of rotatable bonds is 7. The molecule has 3 aromatic carbocycles. The molecule has 2 N–H and O–H groups in total. The zero-order chi connectivity index (χ0) is 27.2. The molecule has 194 valence electrons. The average Bonchev–Trinajstić information content (AvgIpc) is 2.84. The summed E-state index contributed by atoms with van der Waals surface area (Å²) < 4.78 is 50.5. The van der Waals surface area contributed by atoms with Crippen LogP contribution in [0.5, 0.6) is 11.5 Å². The van der Waals surface area contributed by atoms with E-state index in [4.69, 9.17) is 21.1 Å². The van der Waals surface area contributed by atoms with E-state index in [1.54, 1.807) is 12.1 Å². The van der Waals surface area contributed by atoms with Gasteiger partial charge in [0, 0.05) is 0 Å². The van der Waals surface area contributed by atoms with Crippen LogP contribution in [0.1, 0.15) is 22.3 Å². The molecule has 0 heterocycles. The van der Waals surface area contributed by atoms with E-state index < -0.39 is 23.6 Å². The molecule has 0 saturated carbocycles. The molecular formula is C25H20BrClF3N3O4. The maximum Gasteiger partial charge on any atom is 0.416 e. The average molecular weight is 599 g/mol. The van der Waals surface area contributed by atoms with E-state index in [-0.39, 0.29) is 10.7 Å². The van der Waals surface area contributed by atoms with Gasteiger partial charge in [-0.1, -0.05) is 41.4 Å². The van der Waals surface area contributed by atoms with Crippen molar-refractivity contribution in [3.8, 4) is 11.5 Å². The number of ether oxygens (including phenoxy) is 2. The van der Waals surface area contributed by atoms with Crippen molar-refractivity contribution in [2.75, 3.05) is 12.4 Å². The van der Waals surface area contributed by atoms with Crippen LogP contribution in [0.3, 0.4) is 0 Å². The number of anilines is 1. The van der Waals surface area contributed by atoms with Gasteiger partial charge in [-0.2, -0.15) is 18.3 Å². The van der Waals surface area contributed by atoms with Crippen molar-refractivity contribution >= 4 is 51.2 Å². The molecule has 0 aliphatic heterocycles. The van der Waals surface area contributed by atoms with E-state index in [9.17, 15) is 22.8 Å². The van der Waals surface area contributed by atoms with Crippen LogP contribution < -0.4 is 20.2 Å². The van der Waals surface area contributed by atoms with Crippen molar-refractivity contribution in [3.63, 3.8) is 0 Å². The summed E-state index contributed by atoms with van der Waals surface area (Å²) >= 11 is 9.25. The van der Waals surface area contributed by atoms with E-state index >= 15 is 0 Å². The SMILES string of the molecule is COc1cc(/C=N/NC(=O)C(=O)Nc2cc(C(F)(F)F)ccc2Cl)cc(Br)c1OCc1ccc(C)cc1. The first-order valence-electron chi connectivity index (χ1n) is 10.5. The second-order valence-corrected chi connectivity index (χ2v) is 8.92. The number of nitrogens with zero attached hydrogens (tertiary/aromatic N) is 1. The Bertz CT molecular complexity index is 1330. The minimum absolute atomic E-state index is 0.167. The van der Waals surface area contributed by atoms with Crippen LogP contribution in [-0.2, 0) is 22.4 Å². The number of carbonyl (C=O) groups excluding carboxylic acids is 2. The molecule has 0 aliphatic rings. The number of nitrogens with one attached hydrogen (secondary N) is 2. The molecular weight excluding hydrogens is 579 g/mol. The topological polar surface area (TPSA) is 89.0 Å². The fraction of sp³-hybridized carbons (Fsp3) is 0.160. The number of methoxy groups -OCH3 is 1. The zero-order valence-corrected chi connectivity index (χ0v) is 21.8. The monoisotopic (exact) mass is 597 g/mol. The smallest absolute Gasteiger partial charge is 0.416 e. The summed E-state index contributed by atoms with van der Waals surface area (Å²) in [6, 6.07) is 13.5. The Morgan fingerprint density at radius 1 is 1.08 bits per heavy atom. The summed E-state index contributed by atoms with van der Waals surface area (Å²) in [6.45, 7) is 2.30. The fourth-order valence-corrected chi connectivity index (χ4v) is 3.73. The molecule has 0 bridgehead atoms. The lowest BCUT2D eigenvalue weighted by atomic mass is 10.2. The number of amides is 2. The highest BCUT2D eigenvalue weighted by Gasteiger charge is 2.31. The van der Waals surface area contributed by atoms with Crippen molar-refractivity contribution in [2.24, 2.45) is 5.10 Å². The van der Waals surface area contributed by atoms with Crippen molar-refractivity contribution in [1.82, 2.24) is 5.43 Å². The fourth-order valence-electron chi connectivity index (χ4n) is 2.99. The highest BCUT2D eigenvalue weighted by atomic mass is 79.9. The summed E-state index contributed by atoms with van der Waals surface area (Å²) in [5.41, 5.74) is 3.21. The maximum absolute atomic E-state index is 12.9. The van der Waals surface area contributed by atoms with E-state index in [1.165, 1.54) is 13.3 Å². The Kier molecular flexibility index (Phi) is 9.17. The molecule has 0 aromatic heterocycles. The lowest BCUT2D eigenvalue weighted by Gasteiger charge is -2.13. The predicted octanol–water partition coefficient (Wildman–Crippen LogP) is 6.11. The molecule has 2 amide bonds. The number of alkyl halides is 3. The number of halogens is 5. The molecule has 0 radical (unpaired) electrons. The van der Waals surface area contributed by atoms with Gasteiger partial charge in [-0.25, -0.2) is 5.43 Å². The summed E-state index contributed by atoms with van der Waals surface area (Å²) in [5, 5.41) is 5.58. The lowest BCUT2D eigenvalue weighted by Crippen LogP contribution is -2.32. The number of aryl methyl sites for hydroxylation is 1.